The van der Waals surface area contributed by atoms with Crippen molar-refractivity contribution in [3.8, 4) is 5.75 Å². The Morgan fingerprint density at radius 1 is 1.47 bits per heavy atom. The van der Waals surface area contributed by atoms with E-state index in [4.69, 9.17) is 4.74 Å². The summed E-state index contributed by atoms with van der Waals surface area (Å²) >= 11 is 0. The predicted molar refractivity (Wildman–Crippen MR) is 76.8 cm³/mol. The van der Waals surface area contributed by atoms with Crippen LogP contribution in [0.1, 0.15) is 18.1 Å². The van der Waals surface area contributed by atoms with Gasteiger partial charge in [0.2, 0.25) is 5.91 Å². The molecule has 1 atom stereocenters. The van der Waals surface area contributed by atoms with Crippen molar-refractivity contribution in [2.24, 2.45) is 0 Å². The molecule has 1 aromatic carbocycles. The van der Waals surface area contributed by atoms with Gasteiger partial charge in [-0.15, -0.1) is 12.4 Å². The van der Waals surface area contributed by atoms with Crippen molar-refractivity contribution < 1.29 is 14.6 Å². The molecular formula is C13H21ClN2O3. The van der Waals surface area contributed by atoms with Crippen LogP contribution in [-0.4, -0.2) is 38.3 Å². The van der Waals surface area contributed by atoms with Crippen LogP contribution in [0.15, 0.2) is 24.3 Å². The van der Waals surface area contributed by atoms with Crippen molar-refractivity contribution in [2.75, 3.05) is 27.2 Å². The number of carbonyl (C=O) groups is 1. The van der Waals surface area contributed by atoms with Crippen LogP contribution in [0.25, 0.3) is 0 Å². The van der Waals surface area contributed by atoms with Crippen LogP contribution in [0.3, 0.4) is 0 Å². The van der Waals surface area contributed by atoms with Gasteiger partial charge >= 0.3 is 0 Å². The van der Waals surface area contributed by atoms with Crippen LogP contribution in [0, 0.1) is 0 Å². The molecule has 0 spiro atoms. The summed E-state index contributed by atoms with van der Waals surface area (Å²) in [5, 5.41) is 15.5. The molecule has 19 heavy (non-hydrogen) atoms. The Morgan fingerprint density at radius 3 is 2.84 bits per heavy atom. The molecule has 0 bridgehead atoms. The van der Waals surface area contributed by atoms with Crippen molar-refractivity contribution >= 4 is 18.3 Å². The van der Waals surface area contributed by atoms with E-state index in [0.29, 0.717) is 18.7 Å². The molecule has 0 saturated carbocycles. The molecular weight excluding hydrogens is 268 g/mol. The van der Waals surface area contributed by atoms with Gasteiger partial charge in [0.05, 0.1) is 13.2 Å². The molecule has 1 aromatic rings. The van der Waals surface area contributed by atoms with Crippen LogP contribution < -0.4 is 15.4 Å². The van der Waals surface area contributed by atoms with Crippen molar-refractivity contribution in [3.05, 3.63) is 29.8 Å². The molecule has 0 aliphatic carbocycles. The summed E-state index contributed by atoms with van der Waals surface area (Å²) in [5.74, 6) is 0.611. The zero-order valence-corrected chi connectivity index (χ0v) is 12.0. The summed E-state index contributed by atoms with van der Waals surface area (Å²) in [6.07, 6.45) is -0.319. The van der Waals surface area contributed by atoms with Gasteiger partial charge in [-0.2, -0.15) is 0 Å². The van der Waals surface area contributed by atoms with Crippen LogP contribution in [-0.2, 0) is 4.79 Å². The Balaban J connectivity index is 0.00000324. The largest absolute Gasteiger partial charge is 0.497 e. The Bertz CT molecular complexity index is 388. The first-order chi connectivity index (χ1) is 8.67. The number of methoxy groups -OCH3 is 1. The molecule has 0 fully saturated rings. The number of amides is 1. The highest BCUT2D eigenvalue weighted by molar-refractivity contribution is 5.85. The van der Waals surface area contributed by atoms with Gasteiger partial charge in [0.25, 0.3) is 0 Å². The summed E-state index contributed by atoms with van der Waals surface area (Å²) in [4.78, 5) is 11.4. The van der Waals surface area contributed by atoms with Crippen molar-refractivity contribution in [1.29, 1.82) is 0 Å². The molecule has 1 unspecified atom stereocenters. The fraction of sp³-hybridized carbons (Fsp3) is 0.462. The van der Waals surface area contributed by atoms with Crippen molar-refractivity contribution in [2.45, 2.75) is 12.5 Å². The molecule has 108 valence electrons. The van der Waals surface area contributed by atoms with E-state index in [1.165, 1.54) is 0 Å². The summed E-state index contributed by atoms with van der Waals surface area (Å²) in [5.41, 5.74) is 0.725. The highest BCUT2D eigenvalue weighted by Crippen LogP contribution is 2.18. The lowest BCUT2D eigenvalue weighted by molar-refractivity contribution is -0.121. The number of halogens is 1. The maximum Gasteiger partial charge on any atom is 0.221 e. The fourth-order valence-electron chi connectivity index (χ4n) is 1.50. The fourth-order valence-corrected chi connectivity index (χ4v) is 1.50. The molecule has 0 aliphatic heterocycles. The summed E-state index contributed by atoms with van der Waals surface area (Å²) in [6, 6.07) is 7.17. The zero-order chi connectivity index (χ0) is 13.4. The number of aliphatic hydroxyl groups excluding tert-OH is 1. The number of ether oxygens (including phenoxy) is 1. The van der Waals surface area contributed by atoms with Gasteiger partial charge in [0.1, 0.15) is 5.75 Å². The summed E-state index contributed by atoms with van der Waals surface area (Å²) < 4.78 is 5.08. The average molecular weight is 289 g/mol. The standard InChI is InChI=1S/C13H20N2O3.ClH/c1-14-7-6-13(17)15-9-12(16)10-4-3-5-11(8-10)18-2;/h3-5,8,12,14,16H,6-7,9H2,1-2H3,(H,15,17);1H. The van der Waals surface area contributed by atoms with E-state index >= 15 is 0 Å². The van der Waals surface area contributed by atoms with Gasteiger partial charge in [0, 0.05) is 19.5 Å². The van der Waals surface area contributed by atoms with Crippen LogP contribution in [0.2, 0.25) is 0 Å². The number of rotatable bonds is 7. The summed E-state index contributed by atoms with van der Waals surface area (Å²) in [6.45, 7) is 0.830. The molecule has 0 radical (unpaired) electrons. The van der Waals surface area contributed by atoms with Gasteiger partial charge in [-0.3, -0.25) is 4.79 Å². The average Bonchev–Trinajstić information content (AvgIpc) is 2.42. The third kappa shape index (κ3) is 6.42. The monoisotopic (exact) mass is 288 g/mol. The maximum absolute atomic E-state index is 11.4. The Kier molecular flexibility index (Phi) is 8.95. The van der Waals surface area contributed by atoms with Crippen LogP contribution in [0.4, 0.5) is 0 Å². The lowest BCUT2D eigenvalue weighted by atomic mass is 10.1. The second kappa shape index (κ2) is 9.61. The lowest BCUT2D eigenvalue weighted by Crippen LogP contribution is -2.30. The molecule has 0 aliphatic rings. The van der Waals surface area contributed by atoms with E-state index < -0.39 is 6.10 Å². The molecule has 0 saturated heterocycles. The van der Waals surface area contributed by atoms with E-state index in [1.54, 1.807) is 32.4 Å². The number of aliphatic hydroxyl groups is 1. The smallest absolute Gasteiger partial charge is 0.221 e. The first kappa shape index (κ1) is 17.7. The molecule has 5 nitrogen and oxygen atoms in total. The Labute approximate surface area is 119 Å². The second-order valence-corrected chi connectivity index (χ2v) is 3.95. The van der Waals surface area contributed by atoms with Gasteiger partial charge in [-0.25, -0.2) is 0 Å². The summed E-state index contributed by atoms with van der Waals surface area (Å²) in [7, 11) is 3.36. The number of benzene rings is 1. The molecule has 1 rings (SSSR count). The van der Waals surface area contributed by atoms with E-state index in [2.05, 4.69) is 10.6 Å². The zero-order valence-electron chi connectivity index (χ0n) is 11.2. The third-order valence-corrected chi connectivity index (χ3v) is 2.57. The van der Waals surface area contributed by atoms with E-state index in [-0.39, 0.29) is 24.9 Å². The molecule has 1 amide bonds. The lowest BCUT2D eigenvalue weighted by Gasteiger charge is -2.13. The van der Waals surface area contributed by atoms with Gasteiger partial charge in [-0.1, -0.05) is 12.1 Å². The topological polar surface area (TPSA) is 70.6 Å². The normalized spacial score (nSPS) is 11.3. The maximum atomic E-state index is 11.4. The highest BCUT2D eigenvalue weighted by atomic mass is 35.5. The minimum absolute atomic E-state index is 0. The first-order valence-corrected chi connectivity index (χ1v) is 5.90. The van der Waals surface area contributed by atoms with Crippen molar-refractivity contribution in [1.82, 2.24) is 10.6 Å². The highest BCUT2D eigenvalue weighted by Gasteiger charge is 2.09. The SMILES string of the molecule is CNCCC(=O)NCC(O)c1cccc(OC)c1.Cl. The van der Waals surface area contributed by atoms with Gasteiger partial charge in [-0.05, 0) is 24.7 Å². The Morgan fingerprint density at radius 2 is 2.21 bits per heavy atom. The van der Waals surface area contributed by atoms with E-state index in [0.717, 1.165) is 5.56 Å². The minimum Gasteiger partial charge on any atom is -0.497 e. The van der Waals surface area contributed by atoms with Crippen molar-refractivity contribution in [3.63, 3.8) is 0 Å². The number of nitrogens with one attached hydrogen (secondary N) is 2. The van der Waals surface area contributed by atoms with E-state index in [9.17, 15) is 9.90 Å². The van der Waals surface area contributed by atoms with E-state index in [1.807, 2.05) is 6.07 Å². The van der Waals surface area contributed by atoms with Gasteiger partial charge < -0.3 is 20.5 Å². The van der Waals surface area contributed by atoms with Crippen LogP contribution in [0.5, 0.6) is 5.75 Å². The van der Waals surface area contributed by atoms with Crippen LogP contribution >= 0.6 is 12.4 Å². The third-order valence-electron chi connectivity index (χ3n) is 2.57. The quantitative estimate of drug-likeness (QED) is 0.696. The predicted octanol–water partition coefficient (Wildman–Crippen LogP) is 0.876. The van der Waals surface area contributed by atoms with Gasteiger partial charge in [0.15, 0.2) is 0 Å². The number of hydrogen-bond acceptors (Lipinski definition) is 4. The minimum atomic E-state index is -0.723. The molecule has 0 heterocycles. The Hall–Kier alpha value is -1.30. The molecule has 0 aromatic heterocycles. The number of carbonyl (C=O) groups excluding carboxylic acids is 1. The second-order valence-electron chi connectivity index (χ2n) is 3.95. The first-order valence-electron chi connectivity index (χ1n) is 5.90. The molecule has 6 heteroatoms. The molecule has 3 N–H and O–H groups in total. The number of hydrogen-bond donors (Lipinski definition) is 3.